The van der Waals surface area contributed by atoms with Crippen LogP contribution in [0.4, 0.5) is 0 Å². The van der Waals surface area contributed by atoms with Gasteiger partial charge in [0.15, 0.2) is 0 Å². The number of rotatable bonds is 3. The van der Waals surface area contributed by atoms with Gasteiger partial charge in [0.2, 0.25) is 6.41 Å². The number of hydrogen-bond acceptors (Lipinski definition) is 2. The summed E-state index contributed by atoms with van der Waals surface area (Å²) in [5.74, 6) is 0.752. The van der Waals surface area contributed by atoms with Crippen LogP contribution in [0, 0.1) is 5.92 Å². The standard InChI is InChI=1S/C15H24N2O2/c1-12-5-7-13(8-6-12)14(16-11-18)15(19)17-9-3-2-4-10-17/h11-12H,2-10H2,1H3,(H,16,18). The smallest absolute Gasteiger partial charge is 0.270 e. The highest BCUT2D eigenvalue weighted by molar-refractivity contribution is 5.95. The van der Waals surface area contributed by atoms with Crippen LogP contribution in [0.25, 0.3) is 0 Å². The van der Waals surface area contributed by atoms with E-state index in [0.717, 1.165) is 63.1 Å². The summed E-state index contributed by atoms with van der Waals surface area (Å²) in [6.07, 6.45) is 8.11. The van der Waals surface area contributed by atoms with E-state index < -0.39 is 0 Å². The number of hydrogen-bond donors (Lipinski definition) is 1. The van der Waals surface area contributed by atoms with Crippen molar-refractivity contribution in [1.29, 1.82) is 0 Å². The Morgan fingerprint density at radius 2 is 1.84 bits per heavy atom. The van der Waals surface area contributed by atoms with Gasteiger partial charge in [-0.25, -0.2) is 0 Å². The molecule has 1 aliphatic carbocycles. The lowest BCUT2D eigenvalue weighted by Gasteiger charge is -2.29. The molecular weight excluding hydrogens is 240 g/mol. The molecule has 1 saturated carbocycles. The van der Waals surface area contributed by atoms with Gasteiger partial charge in [-0.05, 0) is 56.4 Å². The number of likely N-dealkylation sites (tertiary alicyclic amines) is 1. The summed E-state index contributed by atoms with van der Waals surface area (Å²) in [6, 6.07) is 0. The van der Waals surface area contributed by atoms with Gasteiger partial charge in [-0.15, -0.1) is 0 Å². The van der Waals surface area contributed by atoms with Crippen molar-refractivity contribution in [2.75, 3.05) is 13.1 Å². The topological polar surface area (TPSA) is 49.4 Å². The SMILES string of the molecule is CC1CCC(=C(NC=O)C(=O)N2CCCCC2)CC1. The largest absolute Gasteiger partial charge is 0.337 e. The minimum absolute atomic E-state index is 0.0244. The molecule has 0 aromatic carbocycles. The van der Waals surface area contributed by atoms with E-state index in [9.17, 15) is 9.59 Å². The van der Waals surface area contributed by atoms with E-state index >= 15 is 0 Å². The second-order valence-corrected chi connectivity index (χ2v) is 5.78. The number of carbonyl (C=O) groups is 2. The van der Waals surface area contributed by atoms with E-state index in [1.165, 1.54) is 6.42 Å². The highest BCUT2D eigenvalue weighted by Gasteiger charge is 2.24. The first-order valence-electron chi connectivity index (χ1n) is 7.44. The van der Waals surface area contributed by atoms with E-state index in [0.29, 0.717) is 12.1 Å². The van der Waals surface area contributed by atoms with E-state index in [2.05, 4.69) is 12.2 Å². The first kappa shape index (κ1) is 14.1. The molecule has 0 atom stereocenters. The number of nitrogens with one attached hydrogen (secondary N) is 1. The van der Waals surface area contributed by atoms with Gasteiger partial charge in [0, 0.05) is 13.1 Å². The van der Waals surface area contributed by atoms with Crippen molar-refractivity contribution in [2.24, 2.45) is 5.92 Å². The fourth-order valence-corrected chi connectivity index (χ4v) is 2.99. The number of nitrogens with zero attached hydrogens (tertiary/aromatic N) is 1. The molecule has 1 aliphatic heterocycles. The average molecular weight is 264 g/mol. The molecule has 1 saturated heterocycles. The minimum atomic E-state index is 0.0244. The Hall–Kier alpha value is -1.32. The Bertz CT molecular complexity index is 360. The van der Waals surface area contributed by atoms with E-state index in [4.69, 9.17) is 0 Å². The van der Waals surface area contributed by atoms with E-state index in [1.807, 2.05) is 4.90 Å². The Kier molecular flexibility index (Phi) is 5.00. The first-order valence-corrected chi connectivity index (χ1v) is 7.44. The second-order valence-electron chi connectivity index (χ2n) is 5.78. The molecule has 2 amide bonds. The zero-order chi connectivity index (χ0) is 13.7. The second kappa shape index (κ2) is 6.73. The lowest BCUT2D eigenvalue weighted by atomic mass is 9.86. The molecule has 2 rings (SSSR count). The Morgan fingerprint density at radius 1 is 1.21 bits per heavy atom. The average Bonchev–Trinajstić information content (AvgIpc) is 2.46. The summed E-state index contributed by atoms with van der Waals surface area (Å²) in [6.45, 7) is 3.90. The molecule has 0 bridgehead atoms. The van der Waals surface area contributed by atoms with Gasteiger partial charge < -0.3 is 10.2 Å². The summed E-state index contributed by atoms with van der Waals surface area (Å²) in [7, 11) is 0. The summed E-state index contributed by atoms with van der Waals surface area (Å²) in [5.41, 5.74) is 1.70. The molecule has 2 fully saturated rings. The van der Waals surface area contributed by atoms with E-state index in [1.54, 1.807) is 0 Å². The van der Waals surface area contributed by atoms with Crippen LogP contribution in [0.2, 0.25) is 0 Å². The van der Waals surface area contributed by atoms with Crippen LogP contribution in [0.1, 0.15) is 51.9 Å². The van der Waals surface area contributed by atoms with Gasteiger partial charge in [0.1, 0.15) is 5.70 Å². The Morgan fingerprint density at radius 3 is 2.42 bits per heavy atom. The third kappa shape index (κ3) is 3.58. The van der Waals surface area contributed by atoms with Crippen molar-refractivity contribution in [3.05, 3.63) is 11.3 Å². The molecule has 4 heteroatoms. The highest BCUT2D eigenvalue weighted by atomic mass is 16.2. The van der Waals surface area contributed by atoms with Crippen LogP contribution in [0.15, 0.2) is 11.3 Å². The first-order chi connectivity index (χ1) is 9.22. The minimum Gasteiger partial charge on any atom is -0.337 e. The van der Waals surface area contributed by atoms with Gasteiger partial charge in [-0.1, -0.05) is 6.92 Å². The molecule has 1 heterocycles. The summed E-state index contributed by atoms with van der Waals surface area (Å²) >= 11 is 0. The van der Waals surface area contributed by atoms with Gasteiger partial charge in [-0.3, -0.25) is 9.59 Å². The zero-order valence-corrected chi connectivity index (χ0v) is 11.8. The van der Waals surface area contributed by atoms with Crippen molar-refractivity contribution in [3.63, 3.8) is 0 Å². The van der Waals surface area contributed by atoms with Gasteiger partial charge in [0.05, 0.1) is 0 Å². The third-order valence-electron chi connectivity index (χ3n) is 4.29. The molecule has 0 spiro atoms. The van der Waals surface area contributed by atoms with Gasteiger partial charge >= 0.3 is 0 Å². The van der Waals surface area contributed by atoms with Crippen LogP contribution in [-0.4, -0.2) is 30.3 Å². The maximum absolute atomic E-state index is 12.5. The normalized spacial score (nSPS) is 23.9. The Balaban J connectivity index is 2.11. The third-order valence-corrected chi connectivity index (χ3v) is 4.29. The van der Waals surface area contributed by atoms with Crippen molar-refractivity contribution in [1.82, 2.24) is 10.2 Å². The lowest BCUT2D eigenvalue weighted by molar-refractivity contribution is -0.129. The summed E-state index contributed by atoms with van der Waals surface area (Å²) < 4.78 is 0. The van der Waals surface area contributed by atoms with Crippen molar-refractivity contribution in [3.8, 4) is 0 Å². The van der Waals surface area contributed by atoms with Crippen LogP contribution in [-0.2, 0) is 9.59 Å². The van der Waals surface area contributed by atoms with Crippen molar-refractivity contribution >= 4 is 12.3 Å². The molecule has 4 nitrogen and oxygen atoms in total. The predicted octanol–water partition coefficient (Wildman–Crippen LogP) is 2.21. The molecule has 0 aromatic heterocycles. The number of amides is 2. The Labute approximate surface area is 115 Å². The lowest BCUT2D eigenvalue weighted by Crippen LogP contribution is -2.40. The van der Waals surface area contributed by atoms with Crippen molar-refractivity contribution in [2.45, 2.75) is 51.9 Å². The highest BCUT2D eigenvalue weighted by Crippen LogP contribution is 2.30. The molecule has 1 N–H and O–H groups in total. The van der Waals surface area contributed by atoms with Gasteiger partial charge in [-0.2, -0.15) is 0 Å². The summed E-state index contributed by atoms with van der Waals surface area (Å²) in [5, 5.41) is 2.67. The fraction of sp³-hybridized carbons (Fsp3) is 0.733. The van der Waals surface area contributed by atoms with Crippen LogP contribution in [0.3, 0.4) is 0 Å². The maximum Gasteiger partial charge on any atom is 0.270 e. The number of carbonyl (C=O) groups excluding carboxylic acids is 2. The molecule has 19 heavy (non-hydrogen) atoms. The fourth-order valence-electron chi connectivity index (χ4n) is 2.99. The maximum atomic E-state index is 12.5. The van der Waals surface area contributed by atoms with Crippen LogP contribution in [0.5, 0.6) is 0 Å². The summed E-state index contributed by atoms with van der Waals surface area (Å²) in [4.78, 5) is 25.2. The quantitative estimate of drug-likeness (QED) is 0.627. The van der Waals surface area contributed by atoms with Crippen LogP contribution < -0.4 is 5.32 Å². The molecule has 0 aromatic rings. The zero-order valence-electron chi connectivity index (χ0n) is 11.8. The molecular formula is C15H24N2O2. The molecule has 0 unspecified atom stereocenters. The predicted molar refractivity (Wildman–Crippen MR) is 74.3 cm³/mol. The monoisotopic (exact) mass is 264 g/mol. The molecule has 0 radical (unpaired) electrons. The molecule has 2 aliphatic rings. The van der Waals surface area contributed by atoms with Crippen molar-refractivity contribution < 1.29 is 9.59 Å². The van der Waals surface area contributed by atoms with E-state index in [-0.39, 0.29) is 5.91 Å². The number of piperidine rings is 1. The van der Waals surface area contributed by atoms with Crippen LogP contribution >= 0.6 is 0 Å². The molecule has 106 valence electrons. The van der Waals surface area contributed by atoms with Gasteiger partial charge in [0.25, 0.3) is 5.91 Å². The number of allylic oxidation sites excluding steroid dienone is 1.